The van der Waals surface area contributed by atoms with Crippen molar-refractivity contribution < 1.29 is 0 Å². The van der Waals surface area contributed by atoms with Gasteiger partial charge in [-0.05, 0) is 51.5 Å². The van der Waals surface area contributed by atoms with Gasteiger partial charge in [0.2, 0.25) is 11.6 Å². The maximum absolute atomic E-state index is 14.2. The number of nitrogens with two attached hydrogens (primary N) is 1. The molecule has 4 aromatic rings. The molecule has 1 aliphatic carbocycles. The summed E-state index contributed by atoms with van der Waals surface area (Å²) in [6.45, 7) is 7.38. The zero-order chi connectivity index (χ0) is 25.7. The first-order chi connectivity index (χ1) is 18.0. The molecule has 0 bridgehead atoms. The zero-order valence-corrected chi connectivity index (χ0v) is 21.9. The van der Waals surface area contributed by atoms with Crippen molar-refractivity contribution in [2.24, 2.45) is 16.6 Å². The second kappa shape index (κ2) is 9.41. The summed E-state index contributed by atoms with van der Waals surface area (Å²) in [5, 5.41) is 1.02. The van der Waals surface area contributed by atoms with E-state index >= 15 is 0 Å². The summed E-state index contributed by atoms with van der Waals surface area (Å²) in [5.41, 5.74) is 9.91. The lowest BCUT2D eigenvalue weighted by Crippen LogP contribution is -2.44. The first kappa shape index (κ1) is 23.8. The summed E-state index contributed by atoms with van der Waals surface area (Å²) in [5.74, 6) is 2.04. The van der Waals surface area contributed by atoms with Crippen molar-refractivity contribution in [2.75, 3.05) is 25.0 Å². The molecule has 2 aliphatic rings. The Balaban J connectivity index is 1.56. The van der Waals surface area contributed by atoms with Crippen LogP contribution < -0.4 is 21.8 Å². The molecule has 37 heavy (non-hydrogen) atoms. The van der Waals surface area contributed by atoms with Gasteiger partial charge in [-0.1, -0.05) is 18.2 Å². The highest BCUT2D eigenvalue weighted by atomic mass is 16.1. The SMILES string of the molecule is CCn1c(=NC)n(Cc2nc(C)c3ccccc3n2)c(=O)c2c1nc(N1CCCC(N)C1)n2CC1CC1. The van der Waals surface area contributed by atoms with E-state index in [1.807, 2.05) is 35.8 Å². The molecule has 10 nitrogen and oxygen atoms in total. The number of piperidine rings is 1. The highest BCUT2D eigenvalue weighted by Crippen LogP contribution is 2.34. The largest absolute Gasteiger partial charge is 0.341 e. The van der Waals surface area contributed by atoms with Crippen LogP contribution in [0.25, 0.3) is 22.1 Å². The van der Waals surface area contributed by atoms with E-state index in [1.54, 1.807) is 11.6 Å². The summed E-state index contributed by atoms with van der Waals surface area (Å²) >= 11 is 0. The van der Waals surface area contributed by atoms with Crippen LogP contribution in [-0.2, 0) is 19.6 Å². The standard InChI is InChI=1S/C27H35N9O/c1-4-34-24-23(35(14-18-11-12-18)27(32-24)33-13-7-8-19(28)15-33)25(37)36(26(34)29-3)16-22-30-17(2)20-9-5-6-10-21(20)31-22/h5-6,9-10,18-19H,4,7-8,11-16,28H2,1-3H3. The van der Waals surface area contributed by atoms with Gasteiger partial charge in [0, 0.05) is 50.3 Å². The second-order valence-corrected chi connectivity index (χ2v) is 10.4. The predicted octanol–water partition coefficient (Wildman–Crippen LogP) is 2.19. The van der Waals surface area contributed by atoms with Gasteiger partial charge in [0.25, 0.3) is 5.56 Å². The summed E-state index contributed by atoms with van der Waals surface area (Å²) in [7, 11) is 1.72. The number of hydrogen-bond acceptors (Lipinski definition) is 7. The van der Waals surface area contributed by atoms with Crippen LogP contribution in [0, 0.1) is 12.8 Å². The summed E-state index contributed by atoms with van der Waals surface area (Å²) in [6, 6.07) is 8.08. The van der Waals surface area contributed by atoms with Gasteiger partial charge in [0.05, 0.1) is 12.1 Å². The van der Waals surface area contributed by atoms with Crippen LogP contribution in [-0.4, -0.2) is 54.8 Å². The van der Waals surface area contributed by atoms with E-state index in [2.05, 4.69) is 21.4 Å². The molecule has 194 valence electrons. The van der Waals surface area contributed by atoms with Crippen LogP contribution in [0.2, 0.25) is 0 Å². The molecule has 2 fully saturated rings. The molecule has 1 unspecified atom stereocenters. The molecular weight excluding hydrogens is 466 g/mol. The number of aromatic nitrogens is 6. The van der Waals surface area contributed by atoms with E-state index in [0.29, 0.717) is 35.1 Å². The van der Waals surface area contributed by atoms with Crippen molar-refractivity contribution in [3.8, 4) is 0 Å². The minimum Gasteiger partial charge on any atom is -0.341 e. The number of fused-ring (bicyclic) bond motifs is 2. The number of hydrogen-bond donors (Lipinski definition) is 1. The zero-order valence-electron chi connectivity index (χ0n) is 21.9. The third-order valence-electron chi connectivity index (χ3n) is 7.65. The van der Waals surface area contributed by atoms with E-state index < -0.39 is 0 Å². The number of para-hydroxylation sites is 1. The fourth-order valence-electron chi connectivity index (χ4n) is 5.63. The number of rotatable bonds is 6. The van der Waals surface area contributed by atoms with Crippen molar-refractivity contribution in [1.29, 1.82) is 0 Å². The van der Waals surface area contributed by atoms with E-state index in [4.69, 9.17) is 20.7 Å². The lowest BCUT2D eigenvalue weighted by molar-refractivity contribution is 0.490. The molecule has 10 heteroatoms. The van der Waals surface area contributed by atoms with E-state index in [-0.39, 0.29) is 18.1 Å². The molecule has 2 N–H and O–H groups in total. The monoisotopic (exact) mass is 501 g/mol. The van der Waals surface area contributed by atoms with Crippen molar-refractivity contribution in [3.63, 3.8) is 0 Å². The fourth-order valence-corrected chi connectivity index (χ4v) is 5.63. The maximum Gasteiger partial charge on any atom is 0.281 e. The van der Waals surface area contributed by atoms with Crippen LogP contribution in [0.5, 0.6) is 0 Å². The van der Waals surface area contributed by atoms with E-state index in [0.717, 1.165) is 55.0 Å². The van der Waals surface area contributed by atoms with Gasteiger partial charge in [-0.15, -0.1) is 0 Å². The summed E-state index contributed by atoms with van der Waals surface area (Å²) in [4.78, 5) is 35.7. The number of aryl methyl sites for hydroxylation is 2. The third-order valence-corrected chi connectivity index (χ3v) is 7.65. The first-order valence-electron chi connectivity index (χ1n) is 13.4. The highest BCUT2D eigenvalue weighted by Gasteiger charge is 2.30. The van der Waals surface area contributed by atoms with Gasteiger partial charge in [-0.2, -0.15) is 4.98 Å². The Morgan fingerprint density at radius 3 is 2.62 bits per heavy atom. The normalized spacial score (nSPS) is 18.9. The molecule has 0 spiro atoms. The van der Waals surface area contributed by atoms with Crippen LogP contribution in [0.15, 0.2) is 34.1 Å². The van der Waals surface area contributed by atoms with Gasteiger partial charge in [0.1, 0.15) is 5.82 Å². The Morgan fingerprint density at radius 1 is 1.08 bits per heavy atom. The Kier molecular flexibility index (Phi) is 6.06. The molecule has 6 rings (SSSR count). The van der Waals surface area contributed by atoms with Crippen LogP contribution in [0.4, 0.5) is 5.95 Å². The minimum absolute atomic E-state index is 0.101. The minimum atomic E-state index is -0.101. The predicted molar refractivity (Wildman–Crippen MR) is 145 cm³/mol. The Bertz CT molecular complexity index is 1610. The van der Waals surface area contributed by atoms with Gasteiger partial charge < -0.3 is 15.2 Å². The quantitative estimate of drug-likeness (QED) is 0.433. The second-order valence-electron chi connectivity index (χ2n) is 10.4. The molecule has 1 saturated carbocycles. The number of imidazole rings is 1. The van der Waals surface area contributed by atoms with Crippen molar-refractivity contribution in [3.05, 3.63) is 51.8 Å². The maximum atomic E-state index is 14.2. The van der Waals surface area contributed by atoms with Gasteiger partial charge in [0.15, 0.2) is 11.2 Å². The molecule has 0 amide bonds. The number of nitrogens with zero attached hydrogens (tertiary/aromatic N) is 8. The van der Waals surface area contributed by atoms with Gasteiger partial charge >= 0.3 is 0 Å². The lowest BCUT2D eigenvalue weighted by atomic mass is 10.1. The summed E-state index contributed by atoms with van der Waals surface area (Å²) in [6.07, 6.45) is 4.42. The molecule has 0 radical (unpaired) electrons. The van der Waals surface area contributed by atoms with Crippen molar-refractivity contribution >= 4 is 28.0 Å². The first-order valence-corrected chi connectivity index (χ1v) is 13.4. The highest BCUT2D eigenvalue weighted by molar-refractivity contribution is 5.80. The molecule has 1 atom stereocenters. The fraction of sp³-hybridized carbons (Fsp3) is 0.519. The topological polar surface area (TPSA) is 112 Å². The van der Waals surface area contributed by atoms with Crippen LogP contribution >= 0.6 is 0 Å². The molecule has 3 aromatic heterocycles. The van der Waals surface area contributed by atoms with Gasteiger partial charge in [-0.3, -0.25) is 18.9 Å². The Morgan fingerprint density at radius 2 is 1.89 bits per heavy atom. The number of anilines is 1. The van der Waals surface area contributed by atoms with Crippen LogP contribution in [0.3, 0.4) is 0 Å². The molecule has 4 heterocycles. The van der Waals surface area contributed by atoms with Crippen molar-refractivity contribution in [2.45, 2.75) is 65.2 Å². The van der Waals surface area contributed by atoms with Gasteiger partial charge in [-0.25, -0.2) is 9.97 Å². The summed E-state index contributed by atoms with van der Waals surface area (Å²) < 4.78 is 5.91. The average Bonchev–Trinajstić information content (AvgIpc) is 3.64. The average molecular weight is 502 g/mol. The van der Waals surface area contributed by atoms with E-state index in [1.165, 1.54) is 12.8 Å². The smallest absolute Gasteiger partial charge is 0.281 e. The Labute approximate surface area is 215 Å². The Hall–Kier alpha value is -3.53. The molecule has 1 aliphatic heterocycles. The molecule has 1 saturated heterocycles. The third kappa shape index (κ3) is 4.22. The lowest BCUT2D eigenvalue weighted by Gasteiger charge is -2.31. The van der Waals surface area contributed by atoms with Crippen molar-refractivity contribution in [1.82, 2.24) is 28.7 Å². The molecule has 1 aromatic carbocycles. The number of benzene rings is 1. The van der Waals surface area contributed by atoms with E-state index in [9.17, 15) is 4.79 Å². The van der Waals surface area contributed by atoms with Crippen LogP contribution in [0.1, 0.15) is 44.1 Å². The molecular formula is C27H35N9O.